The zero-order valence-electron chi connectivity index (χ0n) is 9.50. The van der Waals surface area contributed by atoms with Crippen LogP contribution >= 0.6 is 27.3 Å². The van der Waals surface area contributed by atoms with E-state index in [0.717, 1.165) is 9.88 Å². The maximum absolute atomic E-state index is 14.0. The van der Waals surface area contributed by atoms with Crippen molar-refractivity contribution in [3.05, 3.63) is 50.1 Å². The molecule has 17 heavy (non-hydrogen) atoms. The summed E-state index contributed by atoms with van der Waals surface area (Å²) in [6.07, 6.45) is 1.79. The molecule has 5 heteroatoms. The van der Waals surface area contributed by atoms with Crippen LogP contribution in [0.25, 0.3) is 0 Å². The first-order valence-corrected chi connectivity index (χ1v) is 6.78. The molecule has 2 aromatic rings. The quantitative estimate of drug-likeness (QED) is 0.935. The van der Waals surface area contributed by atoms with Gasteiger partial charge in [-0.25, -0.2) is 9.37 Å². The number of thiazole rings is 1. The van der Waals surface area contributed by atoms with E-state index < -0.39 is 0 Å². The Morgan fingerprint density at radius 3 is 2.82 bits per heavy atom. The lowest BCUT2D eigenvalue weighted by molar-refractivity contribution is 0.573. The summed E-state index contributed by atoms with van der Waals surface area (Å²) in [5.74, 6) is -0.224. The van der Waals surface area contributed by atoms with Gasteiger partial charge in [-0.2, -0.15) is 0 Å². The van der Waals surface area contributed by atoms with Crippen LogP contribution in [0, 0.1) is 12.7 Å². The van der Waals surface area contributed by atoms with Crippen LogP contribution in [0.1, 0.15) is 21.5 Å². The number of benzene rings is 1. The average molecular weight is 315 g/mol. The van der Waals surface area contributed by atoms with Crippen molar-refractivity contribution in [3.8, 4) is 0 Å². The fourth-order valence-electron chi connectivity index (χ4n) is 1.71. The highest BCUT2D eigenvalue weighted by Crippen LogP contribution is 2.30. The molecular formula is C12H12BrFN2S. The van der Waals surface area contributed by atoms with Crippen molar-refractivity contribution < 1.29 is 4.39 Å². The molecule has 0 radical (unpaired) electrons. The molecule has 1 N–H and O–H groups in total. The number of halogens is 2. The standard InChI is InChI=1S/C12H12BrFN2S/c1-7-16-6-10(17-7)12(15-2)8-4-3-5-9(13)11(8)14/h3-6,12,15H,1-2H3. The molecule has 0 aliphatic heterocycles. The Kier molecular flexibility index (Phi) is 3.91. The average Bonchev–Trinajstić information content (AvgIpc) is 2.72. The molecule has 2 nitrogen and oxygen atoms in total. The highest BCUT2D eigenvalue weighted by molar-refractivity contribution is 9.10. The van der Waals surface area contributed by atoms with Crippen molar-refractivity contribution in [2.45, 2.75) is 13.0 Å². The van der Waals surface area contributed by atoms with Crippen molar-refractivity contribution in [2.24, 2.45) is 0 Å². The highest BCUT2D eigenvalue weighted by Gasteiger charge is 2.19. The second-order valence-corrected chi connectivity index (χ2v) is 5.77. The highest BCUT2D eigenvalue weighted by atomic mass is 79.9. The van der Waals surface area contributed by atoms with E-state index in [0.29, 0.717) is 10.0 Å². The summed E-state index contributed by atoms with van der Waals surface area (Å²) in [5, 5.41) is 4.11. The van der Waals surface area contributed by atoms with Crippen LogP contribution in [0.5, 0.6) is 0 Å². The molecule has 2 rings (SSSR count). The normalized spacial score (nSPS) is 12.7. The number of hydrogen-bond acceptors (Lipinski definition) is 3. The molecule has 0 bridgehead atoms. The van der Waals surface area contributed by atoms with Gasteiger partial charge in [0.25, 0.3) is 0 Å². The molecule has 0 amide bonds. The Bertz CT molecular complexity index is 527. The minimum Gasteiger partial charge on any atom is -0.309 e. The van der Waals surface area contributed by atoms with E-state index in [1.165, 1.54) is 0 Å². The first kappa shape index (κ1) is 12.7. The summed E-state index contributed by atoms with van der Waals surface area (Å²) in [7, 11) is 1.82. The SMILES string of the molecule is CNC(c1cnc(C)s1)c1cccc(Br)c1F. The first-order valence-electron chi connectivity index (χ1n) is 5.17. The summed E-state index contributed by atoms with van der Waals surface area (Å²) < 4.78 is 14.5. The van der Waals surface area contributed by atoms with Crippen LogP contribution in [-0.4, -0.2) is 12.0 Å². The summed E-state index contributed by atoms with van der Waals surface area (Å²) >= 11 is 4.78. The molecule has 1 atom stereocenters. The van der Waals surface area contributed by atoms with Gasteiger partial charge in [0.1, 0.15) is 5.82 Å². The maximum Gasteiger partial charge on any atom is 0.142 e. The van der Waals surface area contributed by atoms with Crippen LogP contribution in [0.3, 0.4) is 0 Å². The van der Waals surface area contributed by atoms with Crippen molar-refractivity contribution in [1.29, 1.82) is 0 Å². The largest absolute Gasteiger partial charge is 0.309 e. The van der Waals surface area contributed by atoms with Gasteiger partial charge in [-0.05, 0) is 36.0 Å². The Hall–Kier alpha value is -0.780. The van der Waals surface area contributed by atoms with Crippen LogP contribution in [0.15, 0.2) is 28.9 Å². The molecule has 1 aromatic heterocycles. The van der Waals surface area contributed by atoms with Crippen molar-refractivity contribution >= 4 is 27.3 Å². The molecule has 90 valence electrons. The van der Waals surface area contributed by atoms with Crippen LogP contribution in [0.4, 0.5) is 4.39 Å². The summed E-state index contributed by atoms with van der Waals surface area (Å²) in [4.78, 5) is 5.22. The lowest BCUT2D eigenvalue weighted by Crippen LogP contribution is -2.18. The Balaban J connectivity index is 2.45. The number of hydrogen-bond donors (Lipinski definition) is 1. The lowest BCUT2D eigenvalue weighted by Gasteiger charge is -2.15. The molecule has 0 saturated heterocycles. The first-order chi connectivity index (χ1) is 8.13. The third-order valence-electron chi connectivity index (χ3n) is 2.50. The predicted octanol–water partition coefficient (Wildman–Crippen LogP) is 3.66. The van der Waals surface area contributed by atoms with Crippen molar-refractivity contribution in [1.82, 2.24) is 10.3 Å². The maximum atomic E-state index is 14.0. The Labute approximate surface area is 112 Å². The molecule has 0 fully saturated rings. The predicted molar refractivity (Wildman–Crippen MR) is 71.9 cm³/mol. The van der Waals surface area contributed by atoms with Crippen LogP contribution in [0.2, 0.25) is 0 Å². The van der Waals surface area contributed by atoms with Gasteiger partial charge in [0.2, 0.25) is 0 Å². The molecular weight excluding hydrogens is 303 g/mol. The van der Waals surface area contributed by atoms with Crippen LogP contribution < -0.4 is 5.32 Å². The summed E-state index contributed by atoms with van der Waals surface area (Å²) in [6, 6.07) is 5.17. The smallest absolute Gasteiger partial charge is 0.142 e. The van der Waals surface area contributed by atoms with Crippen molar-refractivity contribution in [2.75, 3.05) is 7.05 Å². The van der Waals surface area contributed by atoms with Gasteiger partial charge in [-0.3, -0.25) is 0 Å². The van der Waals surface area contributed by atoms with Gasteiger partial charge in [0, 0.05) is 16.6 Å². The van der Waals surface area contributed by atoms with E-state index in [1.807, 2.05) is 20.0 Å². The monoisotopic (exact) mass is 314 g/mol. The molecule has 1 aromatic carbocycles. The lowest BCUT2D eigenvalue weighted by atomic mass is 10.1. The number of nitrogens with zero attached hydrogens (tertiary/aromatic N) is 1. The van der Waals surface area contributed by atoms with E-state index in [9.17, 15) is 4.39 Å². The van der Waals surface area contributed by atoms with Crippen LogP contribution in [-0.2, 0) is 0 Å². The fraction of sp³-hybridized carbons (Fsp3) is 0.250. The molecule has 0 aliphatic rings. The fourth-order valence-corrected chi connectivity index (χ4v) is 3.00. The van der Waals surface area contributed by atoms with E-state index in [1.54, 1.807) is 29.7 Å². The van der Waals surface area contributed by atoms with Gasteiger partial charge in [-0.1, -0.05) is 12.1 Å². The second-order valence-electron chi connectivity index (χ2n) is 3.65. The van der Waals surface area contributed by atoms with Gasteiger partial charge < -0.3 is 5.32 Å². The minimum absolute atomic E-state index is 0.154. The Morgan fingerprint density at radius 1 is 1.47 bits per heavy atom. The van der Waals surface area contributed by atoms with E-state index >= 15 is 0 Å². The van der Waals surface area contributed by atoms with Gasteiger partial charge in [-0.15, -0.1) is 11.3 Å². The van der Waals surface area contributed by atoms with Gasteiger partial charge >= 0.3 is 0 Å². The second kappa shape index (κ2) is 5.25. The zero-order chi connectivity index (χ0) is 12.4. The minimum atomic E-state index is -0.224. The zero-order valence-corrected chi connectivity index (χ0v) is 11.9. The third kappa shape index (κ3) is 2.56. The van der Waals surface area contributed by atoms with Crippen molar-refractivity contribution in [3.63, 3.8) is 0 Å². The van der Waals surface area contributed by atoms with E-state index in [2.05, 4.69) is 26.2 Å². The Morgan fingerprint density at radius 2 is 2.24 bits per heavy atom. The van der Waals surface area contributed by atoms with E-state index in [-0.39, 0.29) is 11.9 Å². The molecule has 1 heterocycles. The molecule has 1 unspecified atom stereocenters. The van der Waals surface area contributed by atoms with E-state index in [4.69, 9.17) is 0 Å². The van der Waals surface area contributed by atoms with Gasteiger partial charge in [0.15, 0.2) is 0 Å². The number of aromatic nitrogens is 1. The summed E-state index contributed by atoms with van der Waals surface area (Å²) in [6.45, 7) is 1.94. The topological polar surface area (TPSA) is 24.9 Å². The molecule has 0 saturated carbocycles. The van der Waals surface area contributed by atoms with Gasteiger partial charge in [0.05, 0.1) is 15.5 Å². The number of aryl methyl sites for hydroxylation is 1. The number of rotatable bonds is 3. The number of nitrogens with one attached hydrogen (secondary N) is 1. The third-order valence-corrected chi connectivity index (χ3v) is 4.09. The molecule has 0 aliphatic carbocycles. The summed E-state index contributed by atoms with van der Waals surface area (Å²) in [5.41, 5.74) is 0.630. The molecule has 0 spiro atoms.